The molecule has 0 aliphatic rings. The van der Waals surface area contributed by atoms with Gasteiger partial charge in [-0.1, -0.05) is 278 Å². The molecule has 0 spiro atoms. The molecule has 0 saturated carbocycles. The first-order chi connectivity index (χ1) is 52.9. The molecule has 13 heterocycles. The maximum Gasteiger partial charge on any atom is 0.0642 e. The Kier molecular flexibility index (Phi) is 29.8. The first-order valence-corrected chi connectivity index (χ1v) is 48.7. The number of hydrogen-bond acceptors (Lipinski definition) is 13. The van der Waals surface area contributed by atoms with Gasteiger partial charge in [0, 0.05) is 121 Å². The van der Waals surface area contributed by atoms with Crippen molar-refractivity contribution < 1.29 is 0 Å². The lowest BCUT2D eigenvalue weighted by atomic mass is 10.0. The van der Waals surface area contributed by atoms with Gasteiger partial charge in [0.2, 0.25) is 0 Å². The highest BCUT2D eigenvalue weighted by molar-refractivity contribution is 7.44. The van der Waals surface area contributed by atoms with E-state index in [2.05, 4.69) is 220 Å². The molecule has 108 heavy (non-hydrogen) atoms. The monoisotopic (exact) mass is 1650 g/mol. The topological polar surface area (TPSA) is 0 Å². The van der Waals surface area contributed by atoms with E-state index < -0.39 is 0 Å². The van der Waals surface area contributed by atoms with Crippen LogP contribution in [-0.4, -0.2) is 0 Å². The molecule has 0 aliphatic heterocycles. The summed E-state index contributed by atoms with van der Waals surface area (Å²) in [6.45, 7) is 40.7. The highest BCUT2D eigenvalue weighted by Gasteiger charge is 2.24. The van der Waals surface area contributed by atoms with E-state index in [0.717, 1.165) is 0 Å². The number of thiophene rings is 13. The van der Waals surface area contributed by atoms with E-state index in [-0.39, 0.29) is 7.43 Å². The SMILES string of the molecule is C.CC.CC.CC.CC.CC.CC.CC.CC.CC.Cc1c2sc3c4ccccc4sc3c2c(C)c2c1sc1c3ccccc3sc12.c1ccc2c(c1)sc1c2sc2c3ccccc3sc21.c1ccc2c(c1)sc1c3cc4c(cc3sc21)sc1c2ccccc2sc41.c1ccc2c(c1)sc1c3ccccc3sc21. The van der Waals surface area contributed by atoms with E-state index in [9.17, 15) is 0 Å². The van der Waals surface area contributed by atoms with E-state index in [4.69, 9.17) is 0 Å². The average molecular weight is 1660 g/mol. The quantitative estimate of drug-likeness (QED) is 0.142. The molecule has 0 nitrogen and oxygen atoms in total. The van der Waals surface area contributed by atoms with E-state index >= 15 is 0 Å². The Morgan fingerprint density at radius 3 is 0.556 bits per heavy atom. The van der Waals surface area contributed by atoms with Gasteiger partial charge in [0.1, 0.15) is 0 Å². The third-order valence-corrected chi connectivity index (χ3v) is 34.3. The van der Waals surface area contributed by atoms with Gasteiger partial charge >= 0.3 is 0 Å². The summed E-state index contributed by atoms with van der Waals surface area (Å²) in [6.07, 6.45) is 0. The molecular weight excluding hydrogens is 1560 g/mol. The fourth-order valence-corrected chi connectivity index (χ4v) is 31.4. The van der Waals surface area contributed by atoms with Crippen molar-refractivity contribution in [2.24, 2.45) is 0 Å². The summed E-state index contributed by atoms with van der Waals surface area (Å²) in [5.41, 5.74) is 2.93. The van der Waals surface area contributed by atoms with Crippen molar-refractivity contribution in [3.8, 4) is 0 Å². The largest absolute Gasteiger partial charge is 0.134 e. The Hall–Kier alpha value is -6.76. The molecule has 13 heteroatoms. The van der Waals surface area contributed by atoms with Gasteiger partial charge < -0.3 is 0 Å². The lowest BCUT2D eigenvalue weighted by Crippen LogP contribution is -1.80. The second kappa shape index (κ2) is 38.4. The first-order valence-electron chi connectivity index (χ1n) is 38.1. The normalized spacial score (nSPS) is 10.7. The van der Waals surface area contributed by atoms with Crippen molar-refractivity contribution in [1.82, 2.24) is 0 Å². The van der Waals surface area contributed by atoms with Crippen molar-refractivity contribution in [1.29, 1.82) is 0 Å². The minimum atomic E-state index is 0. The van der Waals surface area contributed by atoms with Gasteiger partial charge in [-0.15, -0.1) is 147 Å². The van der Waals surface area contributed by atoms with Crippen LogP contribution in [0.15, 0.2) is 206 Å². The van der Waals surface area contributed by atoms with Crippen LogP contribution in [0.5, 0.6) is 0 Å². The fraction of sp³-hybridized carbons (Fsp3) is 0.221. The lowest BCUT2D eigenvalue weighted by molar-refractivity contribution is 1.50. The van der Waals surface area contributed by atoms with Gasteiger partial charge in [0.15, 0.2) is 0 Å². The number of hydrogen-bond donors (Lipinski definition) is 0. The standard InChI is InChI=1S/C24H14S4.C22H10S4.C16H8S3.C14H8S2.9C2H6.CH4/c1-11-17-19(27-21-13-7-3-5-9-15(13)25-23(17)21)12(2)20-18(11)24-22(28-20)14-8-4-6-10-16(14)26-24;1-3-7-15-11(5-1)19-21(23-15)13-9-14-18(10-17(13)25-19)26-20-12-6-2-4-8-16(12)24-22(14)20;1-3-7-11-9(5-1)13-15(17-11)16-14(19-13)10-6-2-4-8-12(10)18-16;1-3-7-11-9(5-1)13-14(15-11)10-6-2-4-8-12(10)16-13;9*1-2;/h3-10H,1-2H3;1-10H;1-8H;1-8H;9*1-2H3;1H4. The molecule has 23 rings (SSSR count). The number of fused-ring (bicyclic) bond motifs is 32. The first kappa shape index (κ1) is 83.7. The molecule has 0 radical (unpaired) electrons. The number of rotatable bonds is 0. The minimum absolute atomic E-state index is 0. The zero-order valence-electron chi connectivity index (χ0n) is 64.9. The predicted molar refractivity (Wildman–Crippen MR) is 529 cm³/mol. The molecule has 0 atom stereocenters. The summed E-state index contributed by atoms with van der Waals surface area (Å²) < 4.78 is 37.5. The highest BCUT2D eigenvalue weighted by Crippen LogP contribution is 2.55. The molecular formula is C95H98S13. The molecule has 13 aromatic heterocycles. The van der Waals surface area contributed by atoms with Crippen molar-refractivity contribution in [3.05, 3.63) is 217 Å². The second-order valence-corrected chi connectivity index (χ2v) is 36.0. The Morgan fingerprint density at radius 2 is 0.315 bits per heavy atom. The summed E-state index contributed by atoms with van der Waals surface area (Å²) in [7, 11) is 0. The van der Waals surface area contributed by atoms with Crippen LogP contribution in [0.25, 0.3) is 187 Å². The van der Waals surface area contributed by atoms with Crippen molar-refractivity contribution >= 4 is 334 Å². The average Bonchev–Trinajstić information content (AvgIpc) is 1.57. The zero-order chi connectivity index (χ0) is 76.3. The highest BCUT2D eigenvalue weighted by atomic mass is 32.1. The Morgan fingerprint density at radius 1 is 0.148 bits per heavy atom. The lowest BCUT2D eigenvalue weighted by Gasteiger charge is -2.04. The van der Waals surface area contributed by atoms with Crippen molar-refractivity contribution in [2.45, 2.75) is 146 Å². The third-order valence-electron chi connectivity index (χ3n) is 17.3. The molecule has 23 aromatic rings. The molecule has 0 fully saturated rings. The minimum Gasteiger partial charge on any atom is -0.134 e. The molecule has 556 valence electrons. The van der Waals surface area contributed by atoms with E-state index in [1.54, 1.807) is 0 Å². The molecule has 0 N–H and O–H groups in total. The van der Waals surface area contributed by atoms with Gasteiger partial charge in [0.25, 0.3) is 0 Å². The van der Waals surface area contributed by atoms with Gasteiger partial charge in [-0.3, -0.25) is 0 Å². The maximum absolute atomic E-state index is 2.45. The van der Waals surface area contributed by atoms with Crippen LogP contribution in [0.2, 0.25) is 0 Å². The van der Waals surface area contributed by atoms with E-state index in [0.29, 0.717) is 0 Å². The Bertz CT molecular complexity index is 6450. The van der Waals surface area contributed by atoms with Gasteiger partial charge in [0.05, 0.1) is 65.8 Å². The molecule has 0 saturated heterocycles. The maximum atomic E-state index is 2.45. The van der Waals surface area contributed by atoms with Crippen molar-refractivity contribution in [2.75, 3.05) is 0 Å². The van der Waals surface area contributed by atoms with Gasteiger partial charge in [-0.05, 0) is 85.6 Å². The Balaban J connectivity index is 0.000000145. The third kappa shape index (κ3) is 14.9. The van der Waals surface area contributed by atoms with E-state index in [1.165, 1.54) is 198 Å². The van der Waals surface area contributed by atoms with Crippen molar-refractivity contribution in [3.63, 3.8) is 0 Å². The molecule has 0 bridgehead atoms. The van der Waals surface area contributed by atoms with Crippen LogP contribution in [0.3, 0.4) is 0 Å². The summed E-state index contributed by atoms with van der Waals surface area (Å²) in [5.74, 6) is 0. The summed E-state index contributed by atoms with van der Waals surface area (Å²) in [6, 6.07) is 75.0. The fourth-order valence-electron chi connectivity index (χ4n) is 13.2. The number of aryl methyl sites for hydroxylation is 2. The van der Waals surface area contributed by atoms with Crippen LogP contribution in [-0.2, 0) is 0 Å². The van der Waals surface area contributed by atoms with Crippen LogP contribution in [0.4, 0.5) is 0 Å². The predicted octanol–water partition coefficient (Wildman–Crippen LogP) is 39.9. The molecule has 0 unspecified atom stereocenters. The van der Waals surface area contributed by atoms with E-state index in [1.807, 2.05) is 272 Å². The summed E-state index contributed by atoms with van der Waals surface area (Å²) in [5, 5.41) is 17.1. The Labute approximate surface area is 690 Å². The van der Waals surface area contributed by atoms with Gasteiger partial charge in [-0.2, -0.15) is 0 Å². The van der Waals surface area contributed by atoms with Crippen LogP contribution in [0, 0.1) is 13.8 Å². The second-order valence-electron chi connectivity index (χ2n) is 22.4. The molecule has 10 aromatic carbocycles. The van der Waals surface area contributed by atoms with Crippen LogP contribution < -0.4 is 0 Å². The molecule has 0 aliphatic carbocycles. The van der Waals surface area contributed by atoms with Gasteiger partial charge in [-0.25, -0.2) is 0 Å². The smallest absolute Gasteiger partial charge is 0.0642 e. The number of benzene rings is 10. The van der Waals surface area contributed by atoms with Crippen LogP contribution >= 0.6 is 147 Å². The summed E-state index contributed by atoms with van der Waals surface area (Å²) in [4.78, 5) is 0. The molecule has 0 amide bonds. The summed E-state index contributed by atoms with van der Waals surface area (Å²) >= 11 is 25.3. The zero-order valence-corrected chi connectivity index (χ0v) is 75.6. The van der Waals surface area contributed by atoms with Crippen LogP contribution in [0.1, 0.15) is 143 Å².